The van der Waals surface area contributed by atoms with Gasteiger partial charge in [0.15, 0.2) is 0 Å². The first-order valence-electron chi connectivity index (χ1n) is 8.20. The normalized spacial score (nSPS) is 11.5. The third-order valence-electron chi connectivity index (χ3n) is 4.27. The van der Waals surface area contributed by atoms with Crippen LogP contribution in [-0.2, 0) is 23.6 Å². The lowest BCUT2D eigenvalue weighted by atomic mass is 10.1. The molecule has 26 heavy (non-hydrogen) atoms. The molecule has 5 nitrogen and oxygen atoms in total. The number of ketones is 1. The average molecular weight is 368 g/mol. The Labute approximate surface area is 153 Å². The molecule has 3 rings (SSSR count). The van der Waals surface area contributed by atoms with Crippen LogP contribution in [0.4, 0.5) is 0 Å². The molecule has 1 heterocycles. The number of aromatic nitrogens is 1. The van der Waals surface area contributed by atoms with Crippen molar-refractivity contribution in [3.8, 4) is 0 Å². The number of benzene rings is 2. The Balaban J connectivity index is 1.84. The van der Waals surface area contributed by atoms with E-state index in [0.29, 0.717) is 11.3 Å². The number of rotatable bonds is 6. The Kier molecular flexibility index (Phi) is 5.06. The van der Waals surface area contributed by atoms with Gasteiger partial charge in [0, 0.05) is 18.3 Å². The third kappa shape index (κ3) is 3.61. The van der Waals surface area contributed by atoms with Crippen LogP contribution in [0.3, 0.4) is 0 Å². The molecule has 1 N–H and O–H groups in total. The van der Waals surface area contributed by atoms with Crippen molar-refractivity contribution in [2.24, 2.45) is 7.05 Å². The maximum atomic E-state index is 12.8. The number of nitrogens with zero attached hydrogens (tertiary/aromatic N) is 1. The minimum Gasteiger partial charge on any atom is -0.343 e. The maximum absolute atomic E-state index is 12.8. The first-order chi connectivity index (χ1) is 12.4. The van der Waals surface area contributed by atoms with Gasteiger partial charge in [-0.3, -0.25) is 4.79 Å². The van der Waals surface area contributed by atoms with Crippen LogP contribution in [0.5, 0.6) is 0 Å². The summed E-state index contributed by atoms with van der Waals surface area (Å²) in [6.07, 6.45) is 0. The molecule has 134 valence electrons. The van der Waals surface area contributed by atoms with Crippen molar-refractivity contribution in [2.75, 3.05) is 0 Å². The molecule has 0 bridgehead atoms. The minimum atomic E-state index is -3.60. The van der Waals surface area contributed by atoms with Gasteiger partial charge in [-0.25, -0.2) is 13.1 Å². The lowest BCUT2D eigenvalue weighted by molar-refractivity contribution is 0.103. The Morgan fingerprint density at radius 3 is 2.19 bits per heavy atom. The van der Waals surface area contributed by atoms with Gasteiger partial charge >= 0.3 is 0 Å². The molecule has 0 atom stereocenters. The smallest absolute Gasteiger partial charge is 0.240 e. The summed E-state index contributed by atoms with van der Waals surface area (Å²) < 4.78 is 29.1. The van der Waals surface area contributed by atoms with Crippen molar-refractivity contribution in [3.63, 3.8) is 0 Å². The molecule has 0 unspecified atom stereocenters. The van der Waals surface area contributed by atoms with E-state index in [9.17, 15) is 13.2 Å². The van der Waals surface area contributed by atoms with E-state index in [0.717, 1.165) is 11.3 Å². The van der Waals surface area contributed by atoms with E-state index in [1.54, 1.807) is 54.1 Å². The Morgan fingerprint density at radius 1 is 1.00 bits per heavy atom. The maximum Gasteiger partial charge on any atom is 0.240 e. The van der Waals surface area contributed by atoms with Gasteiger partial charge in [0.2, 0.25) is 15.8 Å². The zero-order valence-electron chi connectivity index (χ0n) is 14.6. The van der Waals surface area contributed by atoms with Crippen molar-refractivity contribution in [1.82, 2.24) is 9.29 Å². The molecule has 6 heteroatoms. The quantitative estimate of drug-likeness (QED) is 0.680. The van der Waals surface area contributed by atoms with Gasteiger partial charge in [0.25, 0.3) is 0 Å². The summed E-state index contributed by atoms with van der Waals surface area (Å²) in [4.78, 5) is 13.0. The zero-order valence-corrected chi connectivity index (χ0v) is 15.5. The number of hydrogen-bond acceptors (Lipinski definition) is 3. The van der Waals surface area contributed by atoms with E-state index in [1.807, 2.05) is 31.2 Å². The van der Waals surface area contributed by atoms with Gasteiger partial charge in [-0.15, -0.1) is 0 Å². The second-order valence-electron chi connectivity index (χ2n) is 6.06. The average Bonchev–Trinajstić information content (AvgIpc) is 2.94. The monoisotopic (exact) mass is 368 g/mol. The van der Waals surface area contributed by atoms with Gasteiger partial charge in [0.1, 0.15) is 0 Å². The van der Waals surface area contributed by atoms with Crippen molar-refractivity contribution < 1.29 is 13.2 Å². The lowest BCUT2D eigenvalue weighted by Crippen LogP contribution is -2.24. The molecule has 0 saturated carbocycles. The van der Waals surface area contributed by atoms with Gasteiger partial charge in [-0.1, -0.05) is 48.5 Å². The van der Waals surface area contributed by atoms with E-state index < -0.39 is 10.0 Å². The molecule has 2 aromatic carbocycles. The summed E-state index contributed by atoms with van der Waals surface area (Å²) in [7, 11) is -1.83. The van der Waals surface area contributed by atoms with Crippen molar-refractivity contribution in [1.29, 1.82) is 0 Å². The fourth-order valence-corrected chi connectivity index (χ4v) is 3.92. The number of carbonyl (C=O) groups excluding carboxylic acids is 1. The van der Waals surface area contributed by atoms with E-state index in [-0.39, 0.29) is 17.2 Å². The highest BCUT2D eigenvalue weighted by molar-refractivity contribution is 7.89. The van der Waals surface area contributed by atoms with Crippen molar-refractivity contribution in [3.05, 3.63) is 89.2 Å². The molecule has 0 radical (unpaired) electrons. The molecule has 0 amide bonds. The predicted octanol–water partition coefficient (Wildman–Crippen LogP) is 3.04. The summed E-state index contributed by atoms with van der Waals surface area (Å²) in [6, 6.07) is 19.1. The molecule has 0 fully saturated rings. The number of nitrogens with one attached hydrogen (secondary N) is 1. The van der Waals surface area contributed by atoms with Gasteiger partial charge < -0.3 is 4.57 Å². The van der Waals surface area contributed by atoms with Gasteiger partial charge in [-0.2, -0.15) is 0 Å². The highest BCUT2D eigenvalue weighted by atomic mass is 32.2. The third-order valence-corrected chi connectivity index (χ3v) is 5.69. The molecule has 0 aliphatic heterocycles. The van der Waals surface area contributed by atoms with Crippen LogP contribution in [-0.4, -0.2) is 18.8 Å². The molecular formula is C20H20N2O3S. The first kappa shape index (κ1) is 18.1. The predicted molar refractivity (Wildman–Crippen MR) is 100 cm³/mol. The fourth-order valence-electron chi connectivity index (χ4n) is 2.90. The SMILES string of the molecule is Cc1cc(CNS(=O)(=O)c2ccccc2)n(C)c1C(=O)c1ccccc1. The van der Waals surface area contributed by atoms with E-state index in [4.69, 9.17) is 0 Å². The Hall–Kier alpha value is -2.70. The van der Waals surface area contributed by atoms with E-state index in [1.165, 1.54) is 0 Å². The number of carbonyl (C=O) groups is 1. The van der Waals surface area contributed by atoms with Crippen LogP contribution < -0.4 is 4.72 Å². The van der Waals surface area contributed by atoms with Crippen LogP contribution in [0, 0.1) is 6.92 Å². The van der Waals surface area contributed by atoms with Crippen LogP contribution in [0.1, 0.15) is 27.3 Å². The van der Waals surface area contributed by atoms with Gasteiger partial charge in [-0.05, 0) is 30.7 Å². The summed E-state index contributed by atoms with van der Waals surface area (Å²) >= 11 is 0. The Bertz CT molecular complexity index is 1020. The standard InChI is InChI=1S/C20H20N2O3S/c1-15-13-17(14-21-26(24,25)18-11-7-4-8-12-18)22(2)19(15)20(23)16-9-5-3-6-10-16/h3-13,21H,14H2,1-2H3. The highest BCUT2D eigenvalue weighted by Gasteiger charge is 2.20. The largest absolute Gasteiger partial charge is 0.343 e. The zero-order chi connectivity index (χ0) is 18.7. The van der Waals surface area contributed by atoms with E-state index in [2.05, 4.69) is 4.72 Å². The summed E-state index contributed by atoms with van der Waals surface area (Å²) in [5.41, 5.74) is 2.70. The minimum absolute atomic E-state index is 0.0808. The first-order valence-corrected chi connectivity index (χ1v) is 9.68. The molecule has 0 aliphatic rings. The molecule has 0 spiro atoms. The Morgan fingerprint density at radius 2 is 1.58 bits per heavy atom. The van der Waals surface area contributed by atoms with Crippen molar-refractivity contribution in [2.45, 2.75) is 18.4 Å². The van der Waals surface area contributed by atoms with Crippen LogP contribution in [0.25, 0.3) is 0 Å². The van der Waals surface area contributed by atoms with Crippen LogP contribution in [0.15, 0.2) is 71.6 Å². The molecule has 0 aliphatic carbocycles. The van der Waals surface area contributed by atoms with Crippen LogP contribution in [0.2, 0.25) is 0 Å². The number of sulfonamides is 1. The van der Waals surface area contributed by atoms with Gasteiger partial charge in [0.05, 0.1) is 17.1 Å². The summed E-state index contributed by atoms with van der Waals surface area (Å²) in [6.45, 7) is 1.96. The van der Waals surface area contributed by atoms with E-state index >= 15 is 0 Å². The van der Waals surface area contributed by atoms with Crippen LogP contribution >= 0.6 is 0 Å². The fraction of sp³-hybridized carbons (Fsp3) is 0.150. The molecular weight excluding hydrogens is 348 g/mol. The molecule has 0 saturated heterocycles. The second kappa shape index (κ2) is 7.27. The molecule has 1 aromatic heterocycles. The molecule has 3 aromatic rings. The lowest BCUT2D eigenvalue weighted by Gasteiger charge is -2.10. The second-order valence-corrected chi connectivity index (χ2v) is 7.83. The number of hydrogen-bond donors (Lipinski definition) is 1. The topological polar surface area (TPSA) is 68.2 Å². The highest BCUT2D eigenvalue weighted by Crippen LogP contribution is 2.19. The summed E-state index contributed by atoms with van der Waals surface area (Å²) in [5.74, 6) is -0.0808. The summed E-state index contributed by atoms with van der Waals surface area (Å²) in [5, 5.41) is 0. The number of aryl methyl sites for hydroxylation is 1. The van der Waals surface area contributed by atoms with Crippen molar-refractivity contribution >= 4 is 15.8 Å².